The second kappa shape index (κ2) is 8.11. The second-order valence-electron chi connectivity index (χ2n) is 8.96. The second-order valence-corrected chi connectivity index (χ2v) is 9.36. The summed E-state index contributed by atoms with van der Waals surface area (Å²) in [6.07, 6.45) is 1.80. The van der Waals surface area contributed by atoms with Gasteiger partial charge in [-0.25, -0.2) is 9.97 Å². The molecule has 1 unspecified atom stereocenters. The van der Waals surface area contributed by atoms with Crippen molar-refractivity contribution in [3.05, 3.63) is 149 Å². The smallest absolute Gasteiger partial charge is 0.149 e. The predicted molar refractivity (Wildman–Crippen MR) is 145 cm³/mol. The van der Waals surface area contributed by atoms with Crippen molar-refractivity contribution >= 4 is 22.6 Å². The Kier molecular flexibility index (Phi) is 4.73. The maximum atomic E-state index is 6.87. The SMILES string of the molecule is Clc1cccc2c1-c1ccccc1C2(c1ccccc1)c1nc(-c2ccccc2)c2ncccc2n1. The largest absolute Gasteiger partial charge is 0.252 e. The van der Waals surface area contributed by atoms with Crippen molar-refractivity contribution in [2.24, 2.45) is 0 Å². The summed E-state index contributed by atoms with van der Waals surface area (Å²) in [6, 6.07) is 39.3. The predicted octanol–water partition coefficient (Wildman–Crippen LogP) is 7.71. The van der Waals surface area contributed by atoms with E-state index in [-0.39, 0.29) is 0 Å². The molecule has 4 heteroatoms. The van der Waals surface area contributed by atoms with Gasteiger partial charge in [-0.3, -0.25) is 4.98 Å². The van der Waals surface area contributed by atoms with E-state index in [0.717, 1.165) is 55.1 Å². The fraction of sp³-hybridized carbons (Fsp3) is 0.0312. The number of hydrogen-bond acceptors (Lipinski definition) is 3. The van der Waals surface area contributed by atoms with Crippen LogP contribution in [0.3, 0.4) is 0 Å². The first kappa shape index (κ1) is 21.0. The number of fused-ring (bicyclic) bond motifs is 4. The molecule has 0 spiro atoms. The highest BCUT2D eigenvalue weighted by Gasteiger charge is 2.49. The van der Waals surface area contributed by atoms with Gasteiger partial charge >= 0.3 is 0 Å². The third kappa shape index (κ3) is 2.90. The van der Waals surface area contributed by atoms with Gasteiger partial charge in [0.1, 0.15) is 22.5 Å². The summed E-state index contributed by atoms with van der Waals surface area (Å²) in [7, 11) is 0. The third-order valence-electron chi connectivity index (χ3n) is 7.06. The zero-order valence-corrected chi connectivity index (χ0v) is 20.0. The molecule has 0 bridgehead atoms. The van der Waals surface area contributed by atoms with Crippen LogP contribution >= 0.6 is 11.6 Å². The van der Waals surface area contributed by atoms with Gasteiger partial charge in [0.05, 0.1) is 5.52 Å². The summed E-state index contributed by atoms with van der Waals surface area (Å²) in [6.45, 7) is 0. The lowest BCUT2D eigenvalue weighted by Gasteiger charge is -2.32. The van der Waals surface area contributed by atoms with Gasteiger partial charge in [-0.15, -0.1) is 0 Å². The molecule has 0 saturated heterocycles. The molecular weight excluding hydrogens is 462 g/mol. The van der Waals surface area contributed by atoms with Gasteiger partial charge in [0.2, 0.25) is 0 Å². The Bertz CT molecular complexity index is 1750. The molecule has 0 N–H and O–H groups in total. The van der Waals surface area contributed by atoms with Crippen molar-refractivity contribution in [2.75, 3.05) is 0 Å². The Morgan fingerprint density at radius 3 is 2.17 bits per heavy atom. The highest BCUT2D eigenvalue weighted by atomic mass is 35.5. The highest BCUT2D eigenvalue weighted by Crippen LogP contribution is 2.57. The van der Waals surface area contributed by atoms with Gasteiger partial charge in [-0.05, 0) is 40.5 Å². The van der Waals surface area contributed by atoms with Crippen molar-refractivity contribution in [3.63, 3.8) is 0 Å². The maximum absolute atomic E-state index is 6.87. The third-order valence-corrected chi connectivity index (χ3v) is 7.38. The molecule has 6 aromatic rings. The molecule has 36 heavy (non-hydrogen) atoms. The molecule has 1 aliphatic carbocycles. The van der Waals surface area contributed by atoms with Crippen LogP contribution in [-0.2, 0) is 5.41 Å². The van der Waals surface area contributed by atoms with E-state index in [1.54, 1.807) is 6.20 Å². The number of benzene rings is 4. The van der Waals surface area contributed by atoms with Gasteiger partial charge in [-0.2, -0.15) is 0 Å². The van der Waals surface area contributed by atoms with Crippen molar-refractivity contribution in [2.45, 2.75) is 5.41 Å². The van der Waals surface area contributed by atoms with Crippen LogP contribution in [0.1, 0.15) is 22.5 Å². The standard InChI is InChI=1S/C32H20ClN3/c33-26-18-9-17-25-28(26)23-15-7-8-16-24(23)32(25,22-13-5-2-6-14-22)31-35-27-19-10-20-34-30(27)29(36-31)21-11-3-1-4-12-21/h1-20H. The zero-order chi connectivity index (χ0) is 24.1. The molecule has 3 nitrogen and oxygen atoms in total. The number of aromatic nitrogens is 3. The van der Waals surface area contributed by atoms with Crippen molar-refractivity contribution in [1.29, 1.82) is 0 Å². The monoisotopic (exact) mass is 481 g/mol. The summed E-state index contributed by atoms with van der Waals surface area (Å²) in [5.41, 5.74) is 8.15. The molecule has 1 atom stereocenters. The molecule has 0 radical (unpaired) electrons. The molecule has 4 aromatic carbocycles. The molecular formula is C32H20ClN3. The van der Waals surface area contributed by atoms with Gasteiger partial charge in [-0.1, -0.05) is 109 Å². The molecule has 170 valence electrons. The molecule has 2 heterocycles. The lowest BCUT2D eigenvalue weighted by molar-refractivity contribution is 0.704. The van der Waals surface area contributed by atoms with Crippen LogP contribution in [0.2, 0.25) is 5.02 Å². The normalized spacial score (nSPS) is 16.0. The summed E-state index contributed by atoms with van der Waals surface area (Å²) >= 11 is 6.87. The van der Waals surface area contributed by atoms with Crippen LogP contribution in [-0.4, -0.2) is 15.0 Å². The van der Waals surface area contributed by atoms with Crippen molar-refractivity contribution in [1.82, 2.24) is 15.0 Å². The van der Waals surface area contributed by atoms with E-state index in [0.29, 0.717) is 5.82 Å². The van der Waals surface area contributed by atoms with E-state index in [9.17, 15) is 0 Å². The highest BCUT2D eigenvalue weighted by molar-refractivity contribution is 6.34. The van der Waals surface area contributed by atoms with Crippen molar-refractivity contribution in [3.8, 4) is 22.4 Å². The van der Waals surface area contributed by atoms with E-state index in [1.165, 1.54) is 0 Å². The maximum Gasteiger partial charge on any atom is 0.149 e. The van der Waals surface area contributed by atoms with Crippen molar-refractivity contribution < 1.29 is 0 Å². The van der Waals surface area contributed by atoms with Crippen LogP contribution < -0.4 is 0 Å². The summed E-state index contributed by atoms with van der Waals surface area (Å²) in [5, 5.41) is 0.725. The molecule has 0 aliphatic heterocycles. The molecule has 2 aromatic heterocycles. The minimum absolute atomic E-state index is 0.710. The molecule has 1 aliphatic rings. The average Bonchev–Trinajstić information content (AvgIpc) is 3.26. The summed E-state index contributed by atoms with van der Waals surface area (Å²) in [4.78, 5) is 15.2. The molecule has 0 fully saturated rings. The number of halogens is 1. The fourth-order valence-corrected chi connectivity index (χ4v) is 5.86. The topological polar surface area (TPSA) is 38.7 Å². The minimum atomic E-state index is -0.731. The number of hydrogen-bond donors (Lipinski definition) is 0. The van der Waals surface area contributed by atoms with Gasteiger partial charge in [0, 0.05) is 22.3 Å². The van der Waals surface area contributed by atoms with Crippen LogP contribution in [0.25, 0.3) is 33.4 Å². The van der Waals surface area contributed by atoms with E-state index in [1.807, 2.05) is 48.5 Å². The molecule has 0 amide bonds. The minimum Gasteiger partial charge on any atom is -0.252 e. The lowest BCUT2D eigenvalue weighted by atomic mass is 9.71. The van der Waals surface area contributed by atoms with E-state index in [2.05, 4.69) is 71.7 Å². The Morgan fingerprint density at radius 1 is 0.611 bits per heavy atom. The van der Waals surface area contributed by atoms with Gasteiger partial charge in [0.25, 0.3) is 0 Å². The first-order valence-corrected chi connectivity index (χ1v) is 12.3. The van der Waals surface area contributed by atoms with Crippen LogP contribution in [0.15, 0.2) is 121 Å². The number of nitrogens with zero attached hydrogens (tertiary/aromatic N) is 3. The van der Waals surface area contributed by atoms with Gasteiger partial charge < -0.3 is 0 Å². The zero-order valence-electron chi connectivity index (χ0n) is 19.3. The first-order chi connectivity index (χ1) is 17.8. The summed E-state index contributed by atoms with van der Waals surface area (Å²) in [5.74, 6) is 0.710. The Morgan fingerprint density at radius 2 is 1.33 bits per heavy atom. The number of rotatable bonds is 3. The Balaban J connectivity index is 1.67. The van der Waals surface area contributed by atoms with Gasteiger partial charge in [0.15, 0.2) is 0 Å². The van der Waals surface area contributed by atoms with Crippen LogP contribution in [0.5, 0.6) is 0 Å². The first-order valence-electron chi connectivity index (χ1n) is 11.9. The van der Waals surface area contributed by atoms with E-state index < -0.39 is 5.41 Å². The van der Waals surface area contributed by atoms with Crippen LogP contribution in [0, 0.1) is 0 Å². The quantitative estimate of drug-likeness (QED) is 0.259. The number of pyridine rings is 1. The average molecular weight is 482 g/mol. The van der Waals surface area contributed by atoms with E-state index >= 15 is 0 Å². The van der Waals surface area contributed by atoms with Crippen LogP contribution in [0.4, 0.5) is 0 Å². The Labute approximate surface area is 214 Å². The van der Waals surface area contributed by atoms with E-state index in [4.69, 9.17) is 21.6 Å². The Hall–Kier alpha value is -4.34. The molecule has 0 saturated carbocycles. The fourth-order valence-electron chi connectivity index (χ4n) is 5.59. The summed E-state index contributed by atoms with van der Waals surface area (Å²) < 4.78 is 0. The lowest BCUT2D eigenvalue weighted by Crippen LogP contribution is -2.31. The molecule has 7 rings (SSSR count).